The topological polar surface area (TPSA) is 52.6 Å². The van der Waals surface area contributed by atoms with Gasteiger partial charge in [-0.3, -0.25) is 0 Å². The van der Waals surface area contributed by atoms with E-state index in [1.807, 2.05) is 0 Å². The second-order valence-electron chi connectivity index (χ2n) is 7.03. The fraction of sp³-hybridized carbons (Fsp3) is 0.429. The summed E-state index contributed by atoms with van der Waals surface area (Å²) in [5.41, 5.74) is 5.83. The number of benzene rings is 2. The molecule has 0 aliphatic carbocycles. The Balaban J connectivity index is 1.81. The minimum Gasteiger partial charge on any atom is -0.490 e. The number of hydrogen-bond donors (Lipinski definition) is 0. The molecule has 0 spiro atoms. The highest BCUT2D eigenvalue weighted by Crippen LogP contribution is 2.32. The predicted molar refractivity (Wildman–Crippen MR) is 104 cm³/mol. The summed E-state index contributed by atoms with van der Waals surface area (Å²) in [5.74, 6) is 1.26. The van der Waals surface area contributed by atoms with Crippen molar-refractivity contribution in [3.63, 3.8) is 0 Å². The molecule has 0 saturated carbocycles. The summed E-state index contributed by atoms with van der Waals surface area (Å²) in [6.07, 6.45) is 1.12. The summed E-state index contributed by atoms with van der Waals surface area (Å²) in [4.78, 5) is 0. The number of methoxy groups -OCH3 is 1. The van der Waals surface area contributed by atoms with Gasteiger partial charge in [-0.1, -0.05) is 18.2 Å². The van der Waals surface area contributed by atoms with E-state index in [0.29, 0.717) is 19.4 Å². The van der Waals surface area contributed by atoms with Gasteiger partial charge in [0.2, 0.25) is 0 Å². The highest BCUT2D eigenvalue weighted by atomic mass is 32.2. The maximum Gasteiger partial charge on any atom is 0.150 e. The van der Waals surface area contributed by atoms with E-state index < -0.39 is 9.84 Å². The molecule has 26 heavy (non-hydrogen) atoms. The van der Waals surface area contributed by atoms with E-state index >= 15 is 0 Å². The van der Waals surface area contributed by atoms with Crippen molar-refractivity contribution in [2.24, 2.45) is 0 Å². The van der Waals surface area contributed by atoms with Crippen molar-refractivity contribution >= 4 is 9.84 Å². The van der Waals surface area contributed by atoms with Crippen molar-refractivity contribution in [2.75, 3.05) is 18.6 Å². The number of hydrogen-bond acceptors (Lipinski definition) is 4. The van der Waals surface area contributed by atoms with Gasteiger partial charge in [-0.25, -0.2) is 8.42 Å². The van der Waals surface area contributed by atoms with E-state index in [1.54, 1.807) is 7.11 Å². The summed E-state index contributed by atoms with van der Waals surface area (Å²) in [6, 6.07) is 12.5. The highest BCUT2D eigenvalue weighted by Gasteiger charge is 2.25. The van der Waals surface area contributed by atoms with Gasteiger partial charge in [0.1, 0.15) is 11.9 Å². The molecule has 0 radical (unpaired) electrons. The molecule has 140 valence electrons. The molecular weight excluding hydrogens is 348 g/mol. The van der Waals surface area contributed by atoms with Gasteiger partial charge >= 0.3 is 0 Å². The Morgan fingerprint density at radius 2 is 1.69 bits per heavy atom. The second kappa shape index (κ2) is 7.80. The second-order valence-corrected chi connectivity index (χ2v) is 9.34. The number of sulfone groups is 1. The first-order valence-electron chi connectivity index (χ1n) is 8.94. The Kier molecular flexibility index (Phi) is 5.68. The largest absolute Gasteiger partial charge is 0.490 e. The first kappa shape index (κ1) is 18.9. The van der Waals surface area contributed by atoms with Crippen LogP contribution in [0.2, 0.25) is 0 Å². The van der Waals surface area contributed by atoms with Crippen molar-refractivity contribution in [1.29, 1.82) is 0 Å². The number of rotatable bonds is 5. The average Bonchev–Trinajstić information content (AvgIpc) is 2.57. The first-order chi connectivity index (χ1) is 12.4. The van der Waals surface area contributed by atoms with Crippen LogP contribution in [0.15, 0.2) is 36.4 Å². The van der Waals surface area contributed by atoms with Crippen LogP contribution in [-0.2, 0) is 21.2 Å². The highest BCUT2D eigenvalue weighted by molar-refractivity contribution is 7.91. The third-order valence-electron chi connectivity index (χ3n) is 4.84. The summed E-state index contributed by atoms with van der Waals surface area (Å²) in [6.45, 7) is 4.77. The normalized spacial score (nSPS) is 17.2. The van der Waals surface area contributed by atoms with Crippen LogP contribution in [0.5, 0.6) is 5.75 Å². The summed E-state index contributed by atoms with van der Waals surface area (Å²) >= 11 is 0. The lowest BCUT2D eigenvalue weighted by atomic mass is 9.94. The molecule has 1 saturated heterocycles. The van der Waals surface area contributed by atoms with Crippen molar-refractivity contribution in [3.05, 3.63) is 53.1 Å². The number of ether oxygens (including phenoxy) is 2. The standard InChI is InChI=1S/C21H26O4S/c1-15-11-20(25-19-7-9-26(22,23)10-8-19)12-16(2)21(15)18-6-4-5-17(13-18)14-24-3/h4-6,11-13,19H,7-10,14H2,1-3H3. The van der Waals surface area contributed by atoms with Crippen molar-refractivity contribution in [2.45, 2.75) is 39.4 Å². The zero-order chi connectivity index (χ0) is 18.7. The summed E-state index contributed by atoms with van der Waals surface area (Å²) in [7, 11) is -1.17. The molecule has 2 aromatic carbocycles. The molecule has 0 unspecified atom stereocenters. The zero-order valence-corrected chi connectivity index (χ0v) is 16.4. The Labute approximate surface area is 156 Å². The molecular formula is C21H26O4S. The predicted octanol–water partition coefficient (Wildman–Crippen LogP) is 4.07. The monoisotopic (exact) mass is 374 g/mol. The van der Waals surface area contributed by atoms with E-state index in [-0.39, 0.29) is 17.6 Å². The van der Waals surface area contributed by atoms with Crippen LogP contribution in [0, 0.1) is 13.8 Å². The minimum atomic E-state index is -2.87. The lowest BCUT2D eigenvalue weighted by Gasteiger charge is -2.24. The van der Waals surface area contributed by atoms with E-state index in [4.69, 9.17) is 9.47 Å². The van der Waals surface area contributed by atoms with E-state index in [9.17, 15) is 8.42 Å². The fourth-order valence-corrected chi connectivity index (χ4v) is 5.06. The van der Waals surface area contributed by atoms with E-state index in [1.165, 1.54) is 11.1 Å². The van der Waals surface area contributed by atoms with Crippen LogP contribution in [0.25, 0.3) is 11.1 Å². The van der Waals surface area contributed by atoms with Crippen LogP contribution >= 0.6 is 0 Å². The lowest BCUT2D eigenvalue weighted by molar-refractivity contribution is 0.185. The minimum absolute atomic E-state index is 0.0202. The molecule has 0 aromatic heterocycles. The number of aryl methyl sites for hydroxylation is 2. The van der Waals surface area contributed by atoms with Crippen LogP contribution in [0.4, 0.5) is 0 Å². The first-order valence-corrected chi connectivity index (χ1v) is 10.8. The summed E-state index contributed by atoms with van der Waals surface area (Å²) in [5, 5.41) is 0. The molecule has 1 aliphatic rings. The van der Waals surface area contributed by atoms with Gasteiger partial charge in [-0.05, 0) is 72.7 Å². The van der Waals surface area contributed by atoms with Gasteiger partial charge in [0.15, 0.2) is 9.84 Å². The molecule has 0 atom stereocenters. The smallest absolute Gasteiger partial charge is 0.150 e. The van der Waals surface area contributed by atoms with Crippen molar-refractivity contribution < 1.29 is 17.9 Å². The lowest BCUT2D eigenvalue weighted by Crippen LogP contribution is -2.30. The molecule has 1 fully saturated rings. The van der Waals surface area contributed by atoms with Gasteiger partial charge in [-0.2, -0.15) is 0 Å². The van der Waals surface area contributed by atoms with Crippen LogP contribution < -0.4 is 4.74 Å². The molecule has 1 aliphatic heterocycles. The Morgan fingerprint density at radius 3 is 2.31 bits per heavy atom. The third-order valence-corrected chi connectivity index (χ3v) is 6.55. The van der Waals surface area contributed by atoms with Crippen molar-refractivity contribution in [1.82, 2.24) is 0 Å². The van der Waals surface area contributed by atoms with Crippen LogP contribution in [-0.4, -0.2) is 33.1 Å². The van der Waals surface area contributed by atoms with Crippen molar-refractivity contribution in [3.8, 4) is 16.9 Å². The molecule has 5 heteroatoms. The zero-order valence-electron chi connectivity index (χ0n) is 15.6. The van der Waals surface area contributed by atoms with E-state index in [0.717, 1.165) is 22.4 Å². The van der Waals surface area contributed by atoms with Crippen LogP contribution in [0.1, 0.15) is 29.5 Å². The molecule has 1 heterocycles. The third kappa shape index (κ3) is 4.46. The molecule has 2 aromatic rings. The van der Waals surface area contributed by atoms with E-state index in [2.05, 4.69) is 50.2 Å². The Morgan fingerprint density at radius 1 is 1.04 bits per heavy atom. The maximum absolute atomic E-state index is 11.6. The van der Waals surface area contributed by atoms with Gasteiger partial charge in [0.05, 0.1) is 18.1 Å². The molecule has 0 N–H and O–H groups in total. The van der Waals surface area contributed by atoms with Gasteiger partial charge < -0.3 is 9.47 Å². The Bertz CT molecular complexity index is 850. The quantitative estimate of drug-likeness (QED) is 0.791. The molecule has 4 nitrogen and oxygen atoms in total. The summed E-state index contributed by atoms with van der Waals surface area (Å²) < 4.78 is 34.4. The van der Waals surface area contributed by atoms with Gasteiger partial charge in [-0.15, -0.1) is 0 Å². The molecule has 0 amide bonds. The molecule has 3 rings (SSSR count). The maximum atomic E-state index is 11.6. The SMILES string of the molecule is COCc1cccc(-c2c(C)cc(OC3CCS(=O)(=O)CC3)cc2C)c1. The molecule has 0 bridgehead atoms. The Hall–Kier alpha value is -1.85. The van der Waals surface area contributed by atoms with Crippen LogP contribution in [0.3, 0.4) is 0 Å². The average molecular weight is 375 g/mol. The van der Waals surface area contributed by atoms with Gasteiger partial charge in [0.25, 0.3) is 0 Å². The van der Waals surface area contributed by atoms with Gasteiger partial charge in [0, 0.05) is 7.11 Å². The fourth-order valence-electron chi connectivity index (χ4n) is 3.61.